The number of nitrogens with zero attached hydrogens (tertiary/aromatic N) is 3. The summed E-state index contributed by atoms with van der Waals surface area (Å²) in [4.78, 5) is 10.3. The number of fused-ring (bicyclic) bond motifs is 1. The van der Waals surface area contributed by atoms with Gasteiger partial charge in [0.25, 0.3) is 0 Å². The Balaban J connectivity index is 0.00000593. The molecule has 2 heterocycles. The maximum atomic E-state index is 11.9. The number of aromatic hydroxyl groups is 1. The summed E-state index contributed by atoms with van der Waals surface area (Å²) in [5.74, 6) is 0.503. The number of benzene rings is 8. The second kappa shape index (κ2) is 18.0. The zero-order chi connectivity index (χ0) is 47.3. The molecule has 10 aromatic rings. The summed E-state index contributed by atoms with van der Waals surface area (Å²) in [6.07, 6.45) is 1.84. The molecule has 5 heteroatoms. The maximum absolute atomic E-state index is 11.9. The van der Waals surface area contributed by atoms with Gasteiger partial charge in [-0.05, 0) is 118 Å². The van der Waals surface area contributed by atoms with Crippen molar-refractivity contribution < 1.29 is 30.3 Å². The number of phenols is 1. The third kappa shape index (κ3) is 8.34. The van der Waals surface area contributed by atoms with E-state index in [9.17, 15) is 5.11 Å². The van der Waals surface area contributed by atoms with Gasteiger partial charge < -0.3 is 5.11 Å². The quantitative estimate of drug-likeness (QED) is 0.154. The average Bonchev–Trinajstić information content (AvgIpc) is 3.74. The fourth-order valence-electron chi connectivity index (χ4n) is 9.14. The number of aryl methyl sites for hydroxylation is 3. The van der Waals surface area contributed by atoms with Crippen molar-refractivity contribution in [1.29, 1.82) is 0 Å². The molecule has 0 atom stereocenters. The molecule has 326 valence electrons. The molecule has 0 saturated carbocycles. The molecule has 4 nitrogen and oxygen atoms in total. The van der Waals surface area contributed by atoms with Crippen LogP contribution in [0.5, 0.6) is 5.75 Å². The van der Waals surface area contributed by atoms with Crippen molar-refractivity contribution in [3.8, 4) is 89.7 Å². The molecule has 1 N–H and O–H groups in total. The number of phenolic OH excluding ortho intramolecular Hbond substituents is 1. The Morgan fingerprint density at radius 1 is 0.561 bits per heavy atom. The summed E-state index contributed by atoms with van der Waals surface area (Å²) in [6, 6.07) is 64.8. The molecule has 8 aromatic carbocycles. The van der Waals surface area contributed by atoms with Crippen LogP contribution in [-0.2, 0) is 26.5 Å². The summed E-state index contributed by atoms with van der Waals surface area (Å²) < 4.78 is 29.4. The third-order valence-electron chi connectivity index (χ3n) is 12.3. The van der Waals surface area contributed by atoms with Gasteiger partial charge in [0.2, 0.25) is 0 Å². The van der Waals surface area contributed by atoms with Gasteiger partial charge in [-0.1, -0.05) is 177 Å². The van der Waals surface area contributed by atoms with E-state index in [1.165, 1.54) is 0 Å². The second-order valence-electron chi connectivity index (χ2n) is 17.9. The van der Waals surface area contributed by atoms with Crippen LogP contribution in [0.4, 0.5) is 0 Å². The Morgan fingerprint density at radius 2 is 1.21 bits per heavy atom. The van der Waals surface area contributed by atoms with Crippen LogP contribution >= 0.6 is 0 Å². The van der Waals surface area contributed by atoms with Crippen LogP contribution in [0.15, 0.2) is 188 Å². The Morgan fingerprint density at radius 3 is 1.91 bits per heavy atom. The summed E-state index contributed by atoms with van der Waals surface area (Å²) in [5.41, 5.74) is 16.1. The van der Waals surface area contributed by atoms with Crippen LogP contribution in [-0.4, -0.2) is 19.6 Å². The summed E-state index contributed by atoms with van der Waals surface area (Å²) in [7, 11) is 0. The molecule has 10 rings (SSSR count). The van der Waals surface area contributed by atoms with E-state index in [2.05, 4.69) is 99.6 Å². The molecule has 0 amide bonds. The first-order valence-electron chi connectivity index (χ1n) is 23.5. The SMILES string of the molecule is [2H]C([2H])([2H])c1cc(-c2c(-c3ccccc3)cccc2C(C)(C)C)ccc1-n1c(-c2cc(C)cc(C)c2O)nc2c(-c3[c-]c(-c4cc(-c5ccccc5)ccn4)cc(-c4ccccc4)c3)cccc21.[Pt]. The Kier molecular flexibility index (Phi) is 11.0. The van der Waals surface area contributed by atoms with E-state index in [-0.39, 0.29) is 37.8 Å². The Bertz CT molecular complexity index is 3510. The van der Waals surface area contributed by atoms with Crippen molar-refractivity contribution in [3.63, 3.8) is 0 Å². The smallest absolute Gasteiger partial charge is 0.148 e. The van der Waals surface area contributed by atoms with Crippen LogP contribution in [0.3, 0.4) is 0 Å². The van der Waals surface area contributed by atoms with Crippen LogP contribution in [0.25, 0.3) is 95.0 Å². The largest absolute Gasteiger partial charge is 0.507 e. The zero-order valence-corrected chi connectivity index (χ0v) is 39.8. The monoisotopic (exact) mass is 1040 g/mol. The van der Waals surface area contributed by atoms with Gasteiger partial charge in [0.1, 0.15) is 11.6 Å². The molecule has 0 aliphatic carbocycles. The molecule has 2 aromatic heterocycles. The number of pyridine rings is 1. The minimum absolute atomic E-state index is 0. The molecule has 0 spiro atoms. The molecule has 66 heavy (non-hydrogen) atoms. The molecule has 0 aliphatic heterocycles. The number of rotatable bonds is 8. The normalized spacial score (nSPS) is 12.3. The summed E-state index contributed by atoms with van der Waals surface area (Å²) in [6.45, 7) is 7.87. The van der Waals surface area contributed by atoms with Gasteiger partial charge in [0.05, 0.1) is 22.3 Å². The predicted molar refractivity (Wildman–Crippen MR) is 270 cm³/mol. The number of hydrogen-bond acceptors (Lipinski definition) is 3. The maximum Gasteiger partial charge on any atom is 0.148 e. The molecule has 0 fully saturated rings. The first kappa shape index (κ1) is 40.4. The van der Waals surface area contributed by atoms with Gasteiger partial charge in [0, 0.05) is 37.1 Å². The van der Waals surface area contributed by atoms with Gasteiger partial charge in [0.15, 0.2) is 0 Å². The van der Waals surface area contributed by atoms with Crippen LogP contribution in [0.2, 0.25) is 0 Å². The fraction of sp³-hybridized carbons (Fsp3) is 0.115. The Labute approximate surface area is 406 Å². The molecular formula is C61H50N3OPt-. The number of aromatic nitrogens is 3. The van der Waals surface area contributed by atoms with Crippen LogP contribution in [0, 0.1) is 26.8 Å². The second-order valence-corrected chi connectivity index (χ2v) is 17.9. The minimum Gasteiger partial charge on any atom is -0.507 e. The molecular weight excluding hydrogens is 986 g/mol. The average molecular weight is 1040 g/mol. The van der Waals surface area contributed by atoms with E-state index in [1.54, 1.807) is 0 Å². The molecule has 0 bridgehead atoms. The van der Waals surface area contributed by atoms with Gasteiger partial charge in [-0.3, -0.25) is 9.55 Å². The number of para-hydroxylation sites is 1. The fourth-order valence-corrected chi connectivity index (χ4v) is 9.14. The molecule has 0 aliphatic rings. The van der Waals surface area contributed by atoms with Crippen molar-refractivity contribution >= 4 is 11.0 Å². The Hall–Kier alpha value is -7.13. The molecule has 0 saturated heterocycles. The van der Waals surface area contributed by atoms with Crippen molar-refractivity contribution in [2.24, 2.45) is 0 Å². The first-order chi connectivity index (χ1) is 32.7. The topological polar surface area (TPSA) is 50.9 Å². The number of imidazole rings is 1. The first-order valence-corrected chi connectivity index (χ1v) is 22.0. The van der Waals surface area contributed by atoms with Gasteiger partial charge >= 0.3 is 0 Å². The van der Waals surface area contributed by atoms with E-state index < -0.39 is 6.85 Å². The van der Waals surface area contributed by atoms with Crippen molar-refractivity contribution in [2.45, 2.75) is 46.9 Å². The van der Waals surface area contributed by atoms with E-state index in [4.69, 9.17) is 14.1 Å². The predicted octanol–water partition coefficient (Wildman–Crippen LogP) is 15.8. The van der Waals surface area contributed by atoms with Crippen LogP contribution < -0.4 is 0 Å². The zero-order valence-electron chi connectivity index (χ0n) is 40.5. The minimum atomic E-state index is -2.54. The van der Waals surface area contributed by atoms with Crippen molar-refractivity contribution in [1.82, 2.24) is 14.5 Å². The molecule has 0 radical (unpaired) electrons. The van der Waals surface area contributed by atoms with E-state index in [1.807, 2.05) is 134 Å². The summed E-state index contributed by atoms with van der Waals surface area (Å²) in [5, 5.41) is 11.9. The van der Waals surface area contributed by atoms with Crippen molar-refractivity contribution in [3.05, 3.63) is 217 Å². The number of hydrogen-bond donors (Lipinski definition) is 1. The molecule has 0 unspecified atom stereocenters. The van der Waals surface area contributed by atoms with Gasteiger partial charge in [-0.2, -0.15) is 0 Å². The van der Waals surface area contributed by atoms with Gasteiger partial charge in [-0.25, -0.2) is 4.98 Å². The van der Waals surface area contributed by atoms with E-state index >= 15 is 0 Å². The van der Waals surface area contributed by atoms with Crippen LogP contribution in [0.1, 0.15) is 47.1 Å². The van der Waals surface area contributed by atoms with Gasteiger partial charge in [-0.15, -0.1) is 23.8 Å². The van der Waals surface area contributed by atoms with E-state index in [0.717, 1.165) is 78.0 Å². The third-order valence-corrected chi connectivity index (χ3v) is 12.3. The van der Waals surface area contributed by atoms with Crippen molar-refractivity contribution in [2.75, 3.05) is 0 Å². The van der Waals surface area contributed by atoms with E-state index in [0.29, 0.717) is 33.7 Å². The summed E-state index contributed by atoms with van der Waals surface area (Å²) >= 11 is 0. The standard InChI is InChI=1S/C61H50N3O.Pt/c1-39-32-41(3)59(65)52(33-39)60-63-58-51(48-35-47(43-20-12-8-13-21-43)36-49(37-48)54-38-45(30-31-62-54)42-18-10-7-11-19-42)25-17-27-56(58)64(60)55-29-28-46(34-40(55)2)57-50(44-22-14-9-15-23-44)24-16-26-53(57)61(4,5)6;/h7-36,38,65H,1-6H3;/q-1;/i2D3;.